The van der Waals surface area contributed by atoms with Crippen LogP contribution in [0.25, 0.3) is 72.5 Å². The van der Waals surface area contributed by atoms with Gasteiger partial charge in [0.2, 0.25) is 0 Å². The van der Waals surface area contributed by atoms with Crippen LogP contribution in [0.4, 0.5) is 0 Å². The molecule has 1 aliphatic rings. The maximum Gasteiger partial charge on any atom is 0.160 e. The van der Waals surface area contributed by atoms with E-state index in [9.17, 15) is 0 Å². The van der Waals surface area contributed by atoms with Gasteiger partial charge in [-0.15, -0.1) is 0 Å². The van der Waals surface area contributed by atoms with Gasteiger partial charge in [0.1, 0.15) is 0 Å². The van der Waals surface area contributed by atoms with Gasteiger partial charge in [-0.25, -0.2) is 9.97 Å². The lowest BCUT2D eigenvalue weighted by atomic mass is 9.86. The molecule has 2 aromatic heterocycles. The van der Waals surface area contributed by atoms with Gasteiger partial charge >= 0.3 is 0 Å². The molecule has 1 unspecified atom stereocenters. The van der Waals surface area contributed by atoms with Crippen molar-refractivity contribution >= 4 is 21.8 Å². The SMILES string of the molecule is CC(C)(C)c1ccc(-c2cc(-c3ccccc3)nc(-c3cccc(-n4c5ccccc5c5cc6c(cc54)C(c4ccccc4)c4ccccc4-6)c3)n2)cc1. The van der Waals surface area contributed by atoms with Gasteiger partial charge in [0.25, 0.3) is 0 Å². The first kappa shape index (κ1) is 32.1. The molecule has 9 aromatic rings. The van der Waals surface area contributed by atoms with E-state index in [0.29, 0.717) is 5.82 Å². The minimum absolute atomic E-state index is 0.0737. The van der Waals surface area contributed by atoms with Crippen LogP contribution < -0.4 is 0 Å². The molecule has 54 heavy (non-hydrogen) atoms. The first-order valence-corrected chi connectivity index (χ1v) is 18.8. The van der Waals surface area contributed by atoms with Crippen molar-refractivity contribution in [2.45, 2.75) is 32.1 Å². The molecule has 2 heterocycles. The number of hydrogen-bond acceptors (Lipinski definition) is 2. The van der Waals surface area contributed by atoms with Crippen LogP contribution in [0.3, 0.4) is 0 Å². The largest absolute Gasteiger partial charge is 0.309 e. The zero-order valence-electron chi connectivity index (χ0n) is 30.7. The Hall–Kier alpha value is -6.58. The number of hydrogen-bond donors (Lipinski definition) is 0. The zero-order chi connectivity index (χ0) is 36.4. The molecule has 1 aliphatic carbocycles. The molecule has 10 rings (SSSR count). The predicted molar refractivity (Wildman–Crippen MR) is 224 cm³/mol. The maximum atomic E-state index is 5.23. The number of benzene rings is 7. The average molecular weight is 694 g/mol. The van der Waals surface area contributed by atoms with E-state index in [1.807, 2.05) is 6.07 Å². The Morgan fingerprint density at radius 1 is 0.463 bits per heavy atom. The van der Waals surface area contributed by atoms with Crippen molar-refractivity contribution in [3.8, 4) is 50.7 Å². The number of fused-ring (bicyclic) bond motifs is 6. The molecule has 1 atom stereocenters. The lowest BCUT2D eigenvalue weighted by Crippen LogP contribution is -2.10. The first-order chi connectivity index (χ1) is 26.4. The summed E-state index contributed by atoms with van der Waals surface area (Å²) in [5.74, 6) is 0.874. The summed E-state index contributed by atoms with van der Waals surface area (Å²) in [4.78, 5) is 10.4. The Labute approximate surface area is 316 Å². The summed E-state index contributed by atoms with van der Waals surface area (Å²) in [5.41, 5.74) is 16.4. The minimum Gasteiger partial charge on any atom is -0.309 e. The molecule has 3 heteroatoms. The van der Waals surface area contributed by atoms with Gasteiger partial charge in [-0.2, -0.15) is 0 Å². The second-order valence-electron chi connectivity index (χ2n) is 15.4. The lowest BCUT2D eigenvalue weighted by Gasteiger charge is -2.19. The van der Waals surface area contributed by atoms with Crippen LogP contribution in [0.2, 0.25) is 0 Å². The van der Waals surface area contributed by atoms with E-state index in [1.54, 1.807) is 0 Å². The highest BCUT2D eigenvalue weighted by atomic mass is 15.0. The molecule has 0 radical (unpaired) electrons. The van der Waals surface area contributed by atoms with Crippen LogP contribution >= 0.6 is 0 Å². The molecule has 0 fully saturated rings. The standard InChI is InChI=1S/C51H39N3/c1-51(2,3)37-27-25-34(26-28-37)46-32-45(33-15-6-4-7-16-33)52-50(53-46)36-19-14-20-38(29-36)54-47-24-13-12-22-40(47)43-30-42-39-21-10-11-23-41(39)49(44(42)31-48(43)54)35-17-8-5-9-18-35/h4-32,49H,1-3H3. The van der Waals surface area contributed by atoms with Crippen molar-refractivity contribution in [3.63, 3.8) is 0 Å². The van der Waals surface area contributed by atoms with Crippen LogP contribution in [0.1, 0.15) is 48.9 Å². The van der Waals surface area contributed by atoms with Gasteiger partial charge in [-0.3, -0.25) is 0 Å². The molecule has 0 N–H and O–H groups in total. The maximum absolute atomic E-state index is 5.23. The molecular weight excluding hydrogens is 655 g/mol. The molecule has 0 bridgehead atoms. The van der Waals surface area contributed by atoms with E-state index >= 15 is 0 Å². The summed E-state index contributed by atoms with van der Waals surface area (Å²) < 4.78 is 2.42. The predicted octanol–water partition coefficient (Wildman–Crippen LogP) is 13.0. The molecule has 0 saturated heterocycles. The topological polar surface area (TPSA) is 30.7 Å². The monoisotopic (exact) mass is 693 g/mol. The van der Waals surface area contributed by atoms with Crippen molar-refractivity contribution in [1.29, 1.82) is 0 Å². The van der Waals surface area contributed by atoms with Crippen LogP contribution in [0, 0.1) is 0 Å². The van der Waals surface area contributed by atoms with Gasteiger partial charge < -0.3 is 4.57 Å². The van der Waals surface area contributed by atoms with Gasteiger partial charge in [0, 0.05) is 39.1 Å². The summed E-state index contributed by atoms with van der Waals surface area (Å²) in [6.45, 7) is 6.74. The Morgan fingerprint density at radius 3 is 1.87 bits per heavy atom. The van der Waals surface area contributed by atoms with Crippen molar-refractivity contribution in [1.82, 2.24) is 14.5 Å². The second-order valence-corrected chi connectivity index (χ2v) is 15.4. The van der Waals surface area contributed by atoms with Crippen LogP contribution in [-0.2, 0) is 5.41 Å². The number of nitrogens with zero attached hydrogens (tertiary/aromatic N) is 3. The fourth-order valence-electron chi connectivity index (χ4n) is 8.35. The molecule has 0 aliphatic heterocycles. The van der Waals surface area contributed by atoms with Crippen molar-refractivity contribution < 1.29 is 0 Å². The Morgan fingerprint density at radius 2 is 1.11 bits per heavy atom. The molecule has 0 amide bonds. The van der Waals surface area contributed by atoms with E-state index < -0.39 is 0 Å². The van der Waals surface area contributed by atoms with E-state index in [2.05, 4.69) is 195 Å². The van der Waals surface area contributed by atoms with Gasteiger partial charge in [-0.05, 0) is 75.2 Å². The third-order valence-corrected chi connectivity index (χ3v) is 11.1. The molecular formula is C51H39N3. The van der Waals surface area contributed by atoms with Crippen LogP contribution in [0.15, 0.2) is 176 Å². The lowest BCUT2D eigenvalue weighted by molar-refractivity contribution is 0.590. The normalized spacial score (nSPS) is 13.6. The van der Waals surface area contributed by atoms with Crippen molar-refractivity contribution in [3.05, 3.63) is 198 Å². The minimum atomic E-state index is 0.0737. The third-order valence-electron chi connectivity index (χ3n) is 11.1. The average Bonchev–Trinajstić information content (AvgIpc) is 3.72. The number of para-hydroxylation sites is 1. The fourth-order valence-corrected chi connectivity index (χ4v) is 8.35. The molecule has 3 nitrogen and oxygen atoms in total. The first-order valence-electron chi connectivity index (χ1n) is 18.8. The van der Waals surface area contributed by atoms with Gasteiger partial charge in [0.05, 0.1) is 22.4 Å². The van der Waals surface area contributed by atoms with Crippen molar-refractivity contribution in [2.24, 2.45) is 0 Å². The third kappa shape index (κ3) is 5.35. The summed E-state index contributed by atoms with van der Waals surface area (Å²) in [6.07, 6.45) is 0. The quantitative estimate of drug-likeness (QED) is 0.180. The zero-order valence-corrected chi connectivity index (χ0v) is 30.7. The Kier molecular flexibility index (Phi) is 7.45. The Balaban J connectivity index is 1.16. The van der Waals surface area contributed by atoms with E-state index in [1.165, 1.54) is 55.2 Å². The van der Waals surface area contributed by atoms with E-state index in [4.69, 9.17) is 9.97 Å². The number of aromatic nitrogens is 3. The van der Waals surface area contributed by atoms with E-state index in [0.717, 1.165) is 33.8 Å². The molecule has 258 valence electrons. The van der Waals surface area contributed by atoms with Crippen LogP contribution in [0.5, 0.6) is 0 Å². The highest BCUT2D eigenvalue weighted by molar-refractivity contribution is 6.11. The highest BCUT2D eigenvalue weighted by Crippen LogP contribution is 2.50. The highest BCUT2D eigenvalue weighted by Gasteiger charge is 2.31. The summed E-state index contributed by atoms with van der Waals surface area (Å²) in [6, 6.07) is 63.6. The van der Waals surface area contributed by atoms with Crippen LogP contribution in [-0.4, -0.2) is 14.5 Å². The molecule has 0 spiro atoms. The van der Waals surface area contributed by atoms with Crippen molar-refractivity contribution in [2.75, 3.05) is 0 Å². The number of rotatable bonds is 5. The molecule has 7 aromatic carbocycles. The smallest absolute Gasteiger partial charge is 0.160 e. The summed E-state index contributed by atoms with van der Waals surface area (Å²) >= 11 is 0. The second kappa shape index (κ2) is 12.5. The van der Waals surface area contributed by atoms with Gasteiger partial charge in [0.15, 0.2) is 5.82 Å². The molecule has 0 saturated carbocycles. The van der Waals surface area contributed by atoms with E-state index in [-0.39, 0.29) is 11.3 Å². The van der Waals surface area contributed by atoms with Gasteiger partial charge in [-0.1, -0.05) is 160 Å². The fraction of sp³-hybridized carbons (Fsp3) is 0.0980. The summed E-state index contributed by atoms with van der Waals surface area (Å²) in [5, 5.41) is 2.49. The Bertz CT molecular complexity index is 2840. The summed E-state index contributed by atoms with van der Waals surface area (Å²) in [7, 11) is 0.